The van der Waals surface area contributed by atoms with Crippen LogP contribution in [0.1, 0.15) is 234 Å². The summed E-state index contributed by atoms with van der Waals surface area (Å²) < 4.78 is 0. The fraction of sp³-hybridized carbons (Fsp3) is 0.493. The highest BCUT2D eigenvalue weighted by Gasteiger charge is 2.02. The Morgan fingerprint density at radius 2 is 0.857 bits per heavy atom. The van der Waals surface area contributed by atoms with E-state index in [-0.39, 0.29) is 17.0 Å². The molecular formula is C73H100BrNO2. The maximum absolute atomic E-state index is 10.0. The maximum atomic E-state index is 10.0. The third-order valence-electron chi connectivity index (χ3n) is 6.45. The van der Waals surface area contributed by atoms with E-state index in [0.29, 0.717) is 5.92 Å². The zero-order chi connectivity index (χ0) is 60.9. The summed E-state index contributed by atoms with van der Waals surface area (Å²) in [4.78, 5) is 25.5. The van der Waals surface area contributed by atoms with E-state index in [2.05, 4.69) is 238 Å². The lowest BCUT2D eigenvalue weighted by Gasteiger charge is -2.06. The number of benzene rings is 2. The van der Waals surface area contributed by atoms with Crippen LogP contribution in [0, 0.1) is 147 Å². The highest BCUT2D eigenvalue weighted by Crippen LogP contribution is 2.09. The van der Waals surface area contributed by atoms with E-state index >= 15 is 0 Å². The molecule has 0 aliphatic carbocycles. The molecule has 77 heavy (non-hydrogen) atoms. The van der Waals surface area contributed by atoms with Crippen LogP contribution in [0.4, 0.5) is 0 Å². The van der Waals surface area contributed by atoms with Crippen LogP contribution in [0.5, 0.6) is 0 Å². The van der Waals surface area contributed by atoms with E-state index < -0.39 is 0 Å². The fourth-order valence-corrected chi connectivity index (χ4v) is 3.75. The van der Waals surface area contributed by atoms with Crippen LogP contribution in [0.25, 0.3) is 4.85 Å². The van der Waals surface area contributed by atoms with Gasteiger partial charge in [0.2, 0.25) is 11.6 Å². The number of nitrogens with zero attached hydrogens (tertiary/aromatic N) is 1. The van der Waals surface area contributed by atoms with Crippen LogP contribution in [-0.4, -0.2) is 11.6 Å². The Labute approximate surface area is 487 Å². The zero-order valence-electron chi connectivity index (χ0n) is 52.2. The second kappa shape index (κ2) is 88.5. The van der Waals surface area contributed by atoms with Crippen LogP contribution < -0.4 is 0 Å². The minimum atomic E-state index is -0.0538. The Morgan fingerprint density at radius 3 is 1.08 bits per heavy atom. The van der Waals surface area contributed by atoms with Crippen molar-refractivity contribution in [3.8, 4) is 129 Å². The molecule has 0 saturated heterocycles. The number of carbonyl (C=O) groups is 2. The highest BCUT2D eigenvalue weighted by molar-refractivity contribution is 9.12. The molecule has 0 bridgehead atoms. The van der Waals surface area contributed by atoms with Crippen molar-refractivity contribution in [3.05, 3.63) is 83.2 Å². The molecule has 0 aromatic heterocycles. The van der Waals surface area contributed by atoms with Crippen molar-refractivity contribution in [1.82, 2.24) is 0 Å². The smallest absolute Gasteiger partial charge is 0.202 e. The molecule has 0 atom stereocenters. The SMILES string of the molecule is CC#CCC.CC#CCC.CCC#CBr.CCC#CC(C)(C)C.CCC#CC(C)=O.CCC#CC(C)=O.CCC#CC(C)C.CCC#CCC.CCC#CCc1ccccc1.CCC#Cc1ccccc1.[C-]#[N+]C#CCC. The average molecular weight is 1100 g/mol. The van der Waals surface area contributed by atoms with Crippen molar-refractivity contribution in [2.24, 2.45) is 11.3 Å². The topological polar surface area (TPSA) is 38.5 Å². The van der Waals surface area contributed by atoms with Crippen molar-refractivity contribution in [3.63, 3.8) is 0 Å². The van der Waals surface area contributed by atoms with Crippen molar-refractivity contribution >= 4 is 27.5 Å². The van der Waals surface area contributed by atoms with Gasteiger partial charge in [-0.15, -0.1) is 65.1 Å². The number of hydrogen-bond acceptors (Lipinski definition) is 2. The number of rotatable bonds is 1. The number of ketones is 2. The molecule has 0 radical (unpaired) electrons. The van der Waals surface area contributed by atoms with Crippen LogP contribution in [0.3, 0.4) is 0 Å². The average Bonchev–Trinajstić information content (AvgIpc) is 3.42. The first-order chi connectivity index (χ1) is 36.8. The summed E-state index contributed by atoms with van der Waals surface area (Å²) in [6.07, 6.45) is 11.9. The van der Waals surface area contributed by atoms with Gasteiger partial charge in [0.05, 0.1) is 0 Å². The normalized spacial score (nSPS) is 7.09. The molecule has 0 N–H and O–H groups in total. The minimum Gasteiger partial charge on any atom is -0.285 e. The van der Waals surface area contributed by atoms with Crippen molar-refractivity contribution in [1.29, 1.82) is 0 Å². The summed E-state index contributed by atoms with van der Waals surface area (Å²) in [5.74, 6) is 57.5. The molecule has 0 aliphatic heterocycles. The standard InChI is InChI=1S/C11H12.C10H10.C8H14.C7H12.2C6H8O.C6H10.C5H5N.2C5H8.C4H5Br/c1-2-3-5-8-11-9-6-4-7-10-11;1-2-3-7-10-8-5-4-6-9-10;1-5-6-7-8(2,3)4;1-4-5-6-7(2)3;2*1-3-4-5-6(2)7;1-3-5-6-4-2;1-3-4-5-6-2;2*1-3-5-4-2;1-2-3-4-5/h4,6-7,9-10H,2,8H2,1H3;4-6,8-9H,2H2,1H3;5H2,1-4H3;7H,4H2,1-3H3;2*3H2,1-2H3;3-4H2,1-2H3;3H2,1H3;2*3H2,1-2H3;2H2,1H3. The van der Waals surface area contributed by atoms with Gasteiger partial charge in [-0.3, -0.25) is 9.59 Å². The van der Waals surface area contributed by atoms with Crippen LogP contribution in [-0.2, 0) is 16.0 Å². The fourth-order valence-electron chi connectivity index (χ4n) is 3.47. The van der Waals surface area contributed by atoms with Gasteiger partial charge in [-0.2, -0.15) is 4.85 Å². The first kappa shape index (κ1) is 89.5. The summed E-state index contributed by atoms with van der Waals surface area (Å²) in [7, 11) is 0. The molecule has 0 heterocycles. The lowest BCUT2D eigenvalue weighted by Crippen LogP contribution is -1.98. The quantitative estimate of drug-likeness (QED) is 0.162. The molecule has 0 amide bonds. The van der Waals surface area contributed by atoms with E-state index in [1.54, 1.807) is 0 Å². The molecule has 416 valence electrons. The van der Waals surface area contributed by atoms with Gasteiger partial charge in [0.25, 0.3) is 0 Å². The summed E-state index contributed by atoms with van der Waals surface area (Å²) in [6, 6.07) is 22.6. The van der Waals surface area contributed by atoms with Gasteiger partial charge >= 0.3 is 0 Å². The van der Waals surface area contributed by atoms with Gasteiger partial charge in [-0.25, -0.2) is 0 Å². The third kappa shape index (κ3) is 140. The second-order valence-corrected chi connectivity index (χ2v) is 15.9. The van der Waals surface area contributed by atoms with Crippen LogP contribution in [0.15, 0.2) is 60.7 Å². The van der Waals surface area contributed by atoms with Crippen molar-refractivity contribution in [2.75, 3.05) is 0 Å². The van der Waals surface area contributed by atoms with E-state index in [4.69, 9.17) is 6.57 Å². The lowest BCUT2D eigenvalue weighted by atomic mass is 9.98. The molecule has 0 unspecified atom stereocenters. The van der Waals surface area contributed by atoms with Gasteiger partial charge in [-0.1, -0.05) is 187 Å². The predicted octanol–water partition coefficient (Wildman–Crippen LogP) is 19.2. The van der Waals surface area contributed by atoms with Gasteiger partial charge < -0.3 is 0 Å². The molecule has 0 fully saturated rings. The molecule has 4 heteroatoms. The Hall–Kier alpha value is -7.09. The van der Waals surface area contributed by atoms with E-state index in [0.717, 1.165) is 89.0 Å². The predicted molar refractivity (Wildman–Crippen MR) is 347 cm³/mol. The Balaban J connectivity index is -0.0000000954. The highest BCUT2D eigenvalue weighted by atomic mass is 79.9. The second-order valence-electron chi connectivity index (χ2n) is 15.5. The maximum Gasteiger partial charge on any atom is 0.202 e. The Kier molecular flexibility index (Phi) is 103. The largest absolute Gasteiger partial charge is 0.285 e. The monoisotopic (exact) mass is 1100 g/mol. The lowest BCUT2D eigenvalue weighted by molar-refractivity contribution is -0.112. The molecule has 2 aromatic carbocycles. The first-order valence-electron chi connectivity index (χ1n) is 27.0. The third-order valence-corrected chi connectivity index (χ3v) is 6.73. The molecular weight excluding hydrogens is 1000 g/mol. The molecule has 3 nitrogen and oxygen atoms in total. The zero-order valence-corrected chi connectivity index (χ0v) is 53.8. The summed E-state index contributed by atoms with van der Waals surface area (Å²) in [6.45, 7) is 47.5. The van der Waals surface area contributed by atoms with Crippen molar-refractivity contribution in [2.45, 2.75) is 229 Å². The van der Waals surface area contributed by atoms with Crippen LogP contribution in [0.2, 0.25) is 0 Å². The van der Waals surface area contributed by atoms with Gasteiger partial charge in [0.15, 0.2) is 0 Å². The molecule has 2 rings (SSSR count). The van der Waals surface area contributed by atoms with Crippen molar-refractivity contribution < 1.29 is 9.59 Å². The number of halogens is 1. The molecule has 0 spiro atoms. The van der Waals surface area contributed by atoms with Crippen LogP contribution >= 0.6 is 15.9 Å². The van der Waals surface area contributed by atoms with Gasteiger partial charge in [0.1, 0.15) is 12.6 Å². The Morgan fingerprint density at radius 1 is 0.494 bits per heavy atom. The molecule has 0 aliphatic rings. The van der Waals surface area contributed by atoms with Gasteiger partial charge in [-0.05, 0) is 75.4 Å². The number of carbonyl (C=O) groups excluding carboxylic acids is 2. The Bertz CT molecular complexity index is 2330. The summed E-state index contributed by atoms with van der Waals surface area (Å²) in [5, 5.41) is 0. The van der Waals surface area contributed by atoms with E-state index in [9.17, 15) is 9.59 Å². The minimum absolute atomic E-state index is 0.0538. The summed E-state index contributed by atoms with van der Waals surface area (Å²) >= 11 is 2.95. The summed E-state index contributed by atoms with van der Waals surface area (Å²) in [5.41, 5.74) is 2.59. The number of hydrogen-bond donors (Lipinski definition) is 0. The van der Waals surface area contributed by atoms with E-state index in [1.807, 2.05) is 104 Å². The molecule has 0 saturated carbocycles. The first-order valence-corrected chi connectivity index (χ1v) is 27.8. The molecule has 2 aromatic rings. The van der Waals surface area contributed by atoms with E-state index in [1.165, 1.54) is 19.4 Å². The number of Topliss-reactive ketones (excluding diaryl/α,β-unsaturated/α-hetero) is 2. The van der Waals surface area contributed by atoms with Gasteiger partial charge in [0, 0.05) is 124 Å².